The average Bonchev–Trinajstić information content (AvgIpc) is 2.65. The van der Waals surface area contributed by atoms with Gasteiger partial charge in [0.25, 0.3) is 0 Å². The number of carbonyl (C=O) groups excluding carboxylic acids is 1. The van der Waals surface area contributed by atoms with Crippen LogP contribution in [0.15, 0.2) is 24.4 Å². The fourth-order valence-electron chi connectivity index (χ4n) is 1.54. The smallest absolute Gasteiger partial charge is 0.342 e. The number of pyridine rings is 1. The number of nitrogens with one attached hydrogen (secondary N) is 1. The van der Waals surface area contributed by atoms with Gasteiger partial charge in [-0.05, 0) is 19.1 Å². The van der Waals surface area contributed by atoms with E-state index in [1.807, 2.05) is 12.1 Å². The van der Waals surface area contributed by atoms with Crippen LogP contribution in [-0.2, 0) is 4.74 Å². The molecular formula is C11H11N3O2S. The van der Waals surface area contributed by atoms with E-state index in [2.05, 4.69) is 14.8 Å². The zero-order valence-corrected chi connectivity index (χ0v) is 10.2. The average molecular weight is 249 g/mol. The fraction of sp³-hybridized carbons (Fsp3) is 0.182. The van der Waals surface area contributed by atoms with Gasteiger partial charge in [0.15, 0.2) is 5.82 Å². The summed E-state index contributed by atoms with van der Waals surface area (Å²) in [4.78, 5) is 15.7. The van der Waals surface area contributed by atoms with Gasteiger partial charge in [-0.1, -0.05) is 18.3 Å². The van der Waals surface area contributed by atoms with E-state index in [9.17, 15) is 4.79 Å². The van der Waals surface area contributed by atoms with E-state index in [1.165, 1.54) is 7.11 Å². The third-order valence-corrected chi connectivity index (χ3v) is 2.73. The predicted octanol–water partition coefficient (Wildman–Crippen LogP) is 2.02. The molecule has 1 N–H and O–H groups in total. The number of hydrogen-bond acceptors (Lipinski definition) is 4. The van der Waals surface area contributed by atoms with Crippen LogP contribution in [0.2, 0.25) is 0 Å². The summed E-state index contributed by atoms with van der Waals surface area (Å²) in [5, 5.41) is 2.99. The molecule has 2 aromatic rings. The molecule has 0 amide bonds. The minimum atomic E-state index is -0.446. The predicted molar refractivity (Wildman–Crippen MR) is 64.8 cm³/mol. The summed E-state index contributed by atoms with van der Waals surface area (Å²) in [6.45, 7) is 1.77. The summed E-state index contributed by atoms with van der Waals surface area (Å²) in [7, 11) is 1.33. The van der Waals surface area contributed by atoms with Gasteiger partial charge in [0.05, 0.1) is 7.11 Å². The van der Waals surface area contributed by atoms with Crippen LogP contribution in [0.25, 0.3) is 5.82 Å². The van der Waals surface area contributed by atoms with E-state index in [1.54, 1.807) is 23.9 Å². The van der Waals surface area contributed by atoms with Crippen molar-refractivity contribution >= 4 is 18.2 Å². The second-order valence-corrected chi connectivity index (χ2v) is 3.82. The summed E-state index contributed by atoms with van der Waals surface area (Å²) in [5.41, 5.74) is 1.03. The standard InChI is InChI=1S/C11H11N3O2S/c1-7-9(11(15)16-2)10(17)14(13-7)8-5-3-4-6-12-8/h3-6,13H,1-2H3. The second-order valence-electron chi connectivity index (χ2n) is 3.43. The highest BCUT2D eigenvalue weighted by atomic mass is 32.1. The summed E-state index contributed by atoms with van der Waals surface area (Å²) in [6.07, 6.45) is 1.66. The van der Waals surface area contributed by atoms with Gasteiger partial charge < -0.3 is 4.74 Å². The van der Waals surface area contributed by atoms with Crippen LogP contribution in [0.3, 0.4) is 0 Å². The van der Waals surface area contributed by atoms with Gasteiger partial charge in [0, 0.05) is 11.9 Å². The Bertz CT molecular complexity index is 601. The Labute approximate surface area is 103 Å². The molecule has 5 nitrogen and oxygen atoms in total. The van der Waals surface area contributed by atoms with Crippen molar-refractivity contribution in [3.63, 3.8) is 0 Å². The number of hydrogen-bond donors (Lipinski definition) is 1. The summed E-state index contributed by atoms with van der Waals surface area (Å²) < 4.78 is 6.64. The van der Waals surface area contributed by atoms with E-state index < -0.39 is 5.97 Å². The molecule has 0 fully saturated rings. The molecule has 0 aliphatic heterocycles. The summed E-state index contributed by atoms with van der Waals surface area (Å²) >= 11 is 5.23. The first-order valence-electron chi connectivity index (χ1n) is 4.96. The Morgan fingerprint density at radius 3 is 2.88 bits per heavy atom. The van der Waals surface area contributed by atoms with Crippen molar-refractivity contribution in [1.29, 1.82) is 0 Å². The van der Waals surface area contributed by atoms with Crippen molar-refractivity contribution in [3.05, 3.63) is 40.3 Å². The number of esters is 1. The monoisotopic (exact) mass is 249 g/mol. The van der Waals surface area contributed by atoms with Gasteiger partial charge in [-0.15, -0.1) is 0 Å². The molecule has 6 heteroatoms. The Balaban J connectivity index is 2.60. The van der Waals surface area contributed by atoms with Crippen molar-refractivity contribution in [1.82, 2.24) is 14.8 Å². The molecule has 0 radical (unpaired) electrons. The molecule has 2 rings (SSSR count). The van der Waals surface area contributed by atoms with E-state index in [-0.39, 0.29) is 0 Å². The number of carbonyl (C=O) groups is 1. The van der Waals surface area contributed by atoms with Gasteiger partial charge >= 0.3 is 5.97 Å². The lowest BCUT2D eigenvalue weighted by atomic mass is 10.3. The molecule has 0 aromatic carbocycles. The number of H-pyrrole nitrogens is 1. The maximum atomic E-state index is 11.6. The zero-order chi connectivity index (χ0) is 12.4. The lowest BCUT2D eigenvalue weighted by Gasteiger charge is -1.99. The van der Waals surface area contributed by atoms with Gasteiger partial charge in [-0.25, -0.2) is 14.5 Å². The molecule has 0 spiro atoms. The van der Waals surface area contributed by atoms with Crippen molar-refractivity contribution in [2.45, 2.75) is 6.92 Å². The summed E-state index contributed by atoms with van der Waals surface area (Å²) in [6, 6.07) is 5.45. The quantitative estimate of drug-likeness (QED) is 0.653. The largest absolute Gasteiger partial charge is 0.465 e. The third-order valence-electron chi connectivity index (χ3n) is 2.34. The van der Waals surface area contributed by atoms with Crippen LogP contribution in [0, 0.1) is 11.6 Å². The molecule has 2 heterocycles. The van der Waals surface area contributed by atoms with E-state index in [0.717, 1.165) is 0 Å². The number of aromatic nitrogens is 3. The Morgan fingerprint density at radius 2 is 2.29 bits per heavy atom. The first-order valence-corrected chi connectivity index (χ1v) is 5.37. The first-order chi connectivity index (χ1) is 8.15. The number of nitrogens with zero attached hydrogens (tertiary/aromatic N) is 2. The van der Waals surface area contributed by atoms with Crippen molar-refractivity contribution < 1.29 is 9.53 Å². The topological polar surface area (TPSA) is 59.9 Å². The fourth-order valence-corrected chi connectivity index (χ4v) is 1.91. The molecule has 0 atom stereocenters. The molecule has 0 bridgehead atoms. The summed E-state index contributed by atoms with van der Waals surface area (Å²) in [5.74, 6) is 0.189. The zero-order valence-electron chi connectivity index (χ0n) is 9.43. The van der Waals surface area contributed by atoms with Crippen molar-refractivity contribution in [2.75, 3.05) is 7.11 Å². The van der Waals surface area contributed by atoms with Crippen molar-refractivity contribution in [3.8, 4) is 5.82 Å². The van der Waals surface area contributed by atoms with Gasteiger partial charge in [0.2, 0.25) is 0 Å². The Kier molecular flexibility index (Phi) is 3.06. The number of ether oxygens (including phenoxy) is 1. The molecule has 2 aromatic heterocycles. The van der Waals surface area contributed by atoms with Crippen LogP contribution in [0.1, 0.15) is 16.1 Å². The maximum Gasteiger partial charge on any atom is 0.342 e. The van der Waals surface area contributed by atoms with Crippen LogP contribution in [0.5, 0.6) is 0 Å². The lowest BCUT2D eigenvalue weighted by molar-refractivity contribution is 0.0599. The van der Waals surface area contributed by atoms with E-state index in [0.29, 0.717) is 21.7 Å². The highest BCUT2D eigenvalue weighted by Gasteiger charge is 2.17. The molecule has 0 saturated carbocycles. The highest BCUT2D eigenvalue weighted by molar-refractivity contribution is 7.71. The van der Waals surface area contributed by atoms with E-state index in [4.69, 9.17) is 12.2 Å². The SMILES string of the molecule is COC(=O)c1c(C)[nH]n(-c2ccccn2)c1=S. The molecule has 0 aliphatic carbocycles. The van der Waals surface area contributed by atoms with E-state index >= 15 is 0 Å². The minimum absolute atomic E-state index is 0.369. The number of methoxy groups -OCH3 is 1. The van der Waals surface area contributed by atoms with Crippen LogP contribution in [0.4, 0.5) is 0 Å². The normalized spacial score (nSPS) is 10.2. The number of aromatic amines is 1. The molecule has 0 aliphatic rings. The van der Waals surface area contributed by atoms with Gasteiger partial charge in [-0.2, -0.15) is 0 Å². The van der Waals surface area contributed by atoms with Crippen LogP contribution >= 0.6 is 12.2 Å². The molecule has 17 heavy (non-hydrogen) atoms. The highest BCUT2D eigenvalue weighted by Crippen LogP contribution is 2.13. The third kappa shape index (κ3) is 1.99. The molecule has 88 valence electrons. The van der Waals surface area contributed by atoms with Gasteiger partial charge in [-0.3, -0.25) is 5.10 Å². The second kappa shape index (κ2) is 4.50. The van der Waals surface area contributed by atoms with Crippen LogP contribution < -0.4 is 0 Å². The Hall–Kier alpha value is -1.95. The van der Waals surface area contributed by atoms with Gasteiger partial charge in [0.1, 0.15) is 10.2 Å². The first kappa shape index (κ1) is 11.5. The number of aryl methyl sites for hydroxylation is 1. The number of rotatable bonds is 2. The lowest BCUT2D eigenvalue weighted by Crippen LogP contribution is -2.03. The van der Waals surface area contributed by atoms with Crippen LogP contribution in [-0.4, -0.2) is 27.8 Å². The molecule has 0 unspecified atom stereocenters. The molecular weight excluding hydrogens is 238 g/mol. The molecule has 0 saturated heterocycles. The minimum Gasteiger partial charge on any atom is -0.465 e. The van der Waals surface area contributed by atoms with Crippen molar-refractivity contribution in [2.24, 2.45) is 0 Å². The maximum absolute atomic E-state index is 11.6. The Morgan fingerprint density at radius 1 is 1.53 bits per heavy atom.